The molecule has 0 radical (unpaired) electrons. The standard InChI is InChI=1S/C15H21NO2/c1-18-13-7-4-11-3-2-8-15(17,14(11)9-13)10-16-12-5-6-12/h4,7,9,12,16-17H,2-3,5-6,8,10H2,1H3. The van der Waals surface area contributed by atoms with E-state index in [9.17, 15) is 5.11 Å². The number of hydrogen-bond donors (Lipinski definition) is 2. The molecule has 2 aliphatic rings. The van der Waals surface area contributed by atoms with E-state index < -0.39 is 5.60 Å². The van der Waals surface area contributed by atoms with Gasteiger partial charge in [0.25, 0.3) is 0 Å². The Hall–Kier alpha value is -1.06. The fourth-order valence-electron chi connectivity index (χ4n) is 2.82. The van der Waals surface area contributed by atoms with Crippen molar-refractivity contribution in [1.82, 2.24) is 5.32 Å². The van der Waals surface area contributed by atoms with Gasteiger partial charge in [-0.3, -0.25) is 0 Å². The monoisotopic (exact) mass is 247 g/mol. The average Bonchev–Trinajstić information content (AvgIpc) is 3.21. The molecule has 98 valence electrons. The lowest BCUT2D eigenvalue weighted by Crippen LogP contribution is -2.41. The predicted octanol–water partition coefficient (Wildman–Crippen LogP) is 1.97. The first-order valence-corrected chi connectivity index (χ1v) is 6.84. The molecule has 1 aromatic rings. The molecule has 2 aliphatic carbocycles. The summed E-state index contributed by atoms with van der Waals surface area (Å²) in [5, 5.41) is 14.4. The quantitative estimate of drug-likeness (QED) is 0.854. The number of ether oxygens (including phenoxy) is 1. The van der Waals surface area contributed by atoms with Gasteiger partial charge < -0.3 is 15.2 Å². The molecule has 0 amide bonds. The zero-order valence-electron chi connectivity index (χ0n) is 10.9. The zero-order valence-corrected chi connectivity index (χ0v) is 10.9. The zero-order chi connectivity index (χ0) is 12.6. The van der Waals surface area contributed by atoms with Gasteiger partial charge in [-0.25, -0.2) is 0 Å². The van der Waals surface area contributed by atoms with Crippen LogP contribution in [0.25, 0.3) is 0 Å². The molecule has 1 aromatic carbocycles. The van der Waals surface area contributed by atoms with Crippen LogP contribution >= 0.6 is 0 Å². The smallest absolute Gasteiger partial charge is 0.119 e. The minimum atomic E-state index is -0.718. The van der Waals surface area contributed by atoms with Crippen molar-refractivity contribution >= 4 is 0 Å². The van der Waals surface area contributed by atoms with Crippen molar-refractivity contribution in [3.8, 4) is 5.75 Å². The van der Waals surface area contributed by atoms with Crippen LogP contribution in [0, 0.1) is 0 Å². The summed E-state index contributed by atoms with van der Waals surface area (Å²) in [6.45, 7) is 0.665. The van der Waals surface area contributed by atoms with E-state index in [1.54, 1.807) is 7.11 Å². The number of rotatable bonds is 4. The fraction of sp³-hybridized carbons (Fsp3) is 0.600. The molecule has 1 saturated carbocycles. The molecule has 18 heavy (non-hydrogen) atoms. The number of methoxy groups -OCH3 is 1. The largest absolute Gasteiger partial charge is 0.497 e. The van der Waals surface area contributed by atoms with Crippen molar-refractivity contribution in [1.29, 1.82) is 0 Å². The van der Waals surface area contributed by atoms with Gasteiger partial charge in [0.15, 0.2) is 0 Å². The molecular formula is C15H21NO2. The molecule has 0 aliphatic heterocycles. The van der Waals surface area contributed by atoms with Crippen molar-refractivity contribution in [2.45, 2.75) is 43.7 Å². The van der Waals surface area contributed by atoms with E-state index in [2.05, 4.69) is 11.4 Å². The molecule has 1 fully saturated rings. The van der Waals surface area contributed by atoms with E-state index in [0.29, 0.717) is 12.6 Å². The highest BCUT2D eigenvalue weighted by molar-refractivity contribution is 5.41. The second-order valence-corrected chi connectivity index (χ2v) is 5.56. The van der Waals surface area contributed by atoms with E-state index >= 15 is 0 Å². The molecule has 3 nitrogen and oxygen atoms in total. The Bertz CT molecular complexity index is 442. The first-order valence-electron chi connectivity index (χ1n) is 6.84. The minimum Gasteiger partial charge on any atom is -0.497 e. The maximum Gasteiger partial charge on any atom is 0.119 e. The van der Waals surface area contributed by atoms with Crippen LogP contribution in [0.4, 0.5) is 0 Å². The molecule has 0 saturated heterocycles. The normalized spacial score (nSPS) is 26.8. The van der Waals surface area contributed by atoms with Crippen LogP contribution < -0.4 is 10.1 Å². The minimum absolute atomic E-state index is 0.630. The molecule has 0 spiro atoms. The third kappa shape index (κ3) is 2.25. The Balaban J connectivity index is 1.87. The highest BCUT2D eigenvalue weighted by Gasteiger charge is 2.36. The van der Waals surface area contributed by atoms with Crippen LogP contribution in [0.1, 0.15) is 36.8 Å². The second kappa shape index (κ2) is 4.56. The lowest BCUT2D eigenvalue weighted by molar-refractivity contribution is 0.0187. The highest BCUT2D eigenvalue weighted by Crippen LogP contribution is 2.37. The molecule has 3 rings (SSSR count). The summed E-state index contributed by atoms with van der Waals surface area (Å²) in [5.74, 6) is 0.834. The van der Waals surface area contributed by atoms with Crippen LogP contribution in [0.15, 0.2) is 18.2 Å². The lowest BCUT2D eigenvalue weighted by atomic mass is 9.79. The van der Waals surface area contributed by atoms with E-state index in [1.165, 1.54) is 18.4 Å². The van der Waals surface area contributed by atoms with E-state index in [0.717, 1.165) is 30.6 Å². The van der Waals surface area contributed by atoms with Gasteiger partial charge in [0.05, 0.1) is 7.11 Å². The molecule has 0 aromatic heterocycles. The number of benzene rings is 1. The van der Waals surface area contributed by atoms with E-state index in [1.807, 2.05) is 12.1 Å². The number of hydrogen-bond acceptors (Lipinski definition) is 3. The summed E-state index contributed by atoms with van der Waals surface area (Å²) in [6, 6.07) is 6.71. The topological polar surface area (TPSA) is 41.5 Å². The first-order chi connectivity index (χ1) is 8.71. The summed E-state index contributed by atoms with van der Waals surface area (Å²) < 4.78 is 5.28. The summed E-state index contributed by atoms with van der Waals surface area (Å²) in [4.78, 5) is 0. The van der Waals surface area contributed by atoms with Crippen LogP contribution in [-0.4, -0.2) is 24.8 Å². The number of aryl methyl sites for hydroxylation is 1. The van der Waals surface area contributed by atoms with Gasteiger partial charge in [-0.15, -0.1) is 0 Å². The summed E-state index contributed by atoms with van der Waals surface area (Å²) >= 11 is 0. The molecular weight excluding hydrogens is 226 g/mol. The van der Waals surface area contributed by atoms with Crippen molar-refractivity contribution in [2.75, 3.05) is 13.7 Å². The van der Waals surface area contributed by atoms with Gasteiger partial charge in [0, 0.05) is 12.6 Å². The first kappa shape index (κ1) is 12.0. The van der Waals surface area contributed by atoms with Gasteiger partial charge in [0.2, 0.25) is 0 Å². The summed E-state index contributed by atoms with van der Waals surface area (Å²) in [5.41, 5.74) is 1.61. The van der Waals surface area contributed by atoms with Gasteiger partial charge in [-0.2, -0.15) is 0 Å². The Kier molecular flexibility index (Phi) is 3.04. The summed E-state index contributed by atoms with van der Waals surface area (Å²) in [6.07, 6.45) is 5.46. The van der Waals surface area contributed by atoms with Gasteiger partial charge in [-0.05, 0) is 55.4 Å². The van der Waals surface area contributed by atoms with Crippen LogP contribution in [0.3, 0.4) is 0 Å². The SMILES string of the molecule is COc1ccc2c(c1)C(O)(CNC1CC1)CCC2. The average molecular weight is 247 g/mol. The Morgan fingerprint density at radius 3 is 3.00 bits per heavy atom. The van der Waals surface area contributed by atoms with Crippen molar-refractivity contribution in [2.24, 2.45) is 0 Å². The fourth-order valence-corrected chi connectivity index (χ4v) is 2.82. The Labute approximate surface area is 108 Å². The Morgan fingerprint density at radius 1 is 1.44 bits per heavy atom. The predicted molar refractivity (Wildman–Crippen MR) is 70.9 cm³/mol. The molecule has 1 atom stereocenters. The number of aliphatic hydroxyl groups is 1. The molecule has 3 heteroatoms. The van der Waals surface area contributed by atoms with Crippen molar-refractivity contribution < 1.29 is 9.84 Å². The second-order valence-electron chi connectivity index (χ2n) is 5.56. The van der Waals surface area contributed by atoms with E-state index in [4.69, 9.17) is 4.74 Å². The molecule has 2 N–H and O–H groups in total. The number of fused-ring (bicyclic) bond motifs is 1. The maximum absolute atomic E-state index is 10.9. The van der Waals surface area contributed by atoms with Crippen LogP contribution in [-0.2, 0) is 12.0 Å². The van der Waals surface area contributed by atoms with Gasteiger partial charge >= 0.3 is 0 Å². The maximum atomic E-state index is 10.9. The van der Waals surface area contributed by atoms with E-state index in [-0.39, 0.29) is 0 Å². The third-order valence-corrected chi connectivity index (χ3v) is 4.12. The van der Waals surface area contributed by atoms with Crippen LogP contribution in [0.5, 0.6) is 5.75 Å². The summed E-state index contributed by atoms with van der Waals surface area (Å²) in [7, 11) is 1.67. The van der Waals surface area contributed by atoms with Crippen molar-refractivity contribution in [3.05, 3.63) is 29.3 Å². The third-order valence-electron chi connectivity index (χ3n) is 4.12. The van der Waals surface area contributed by atoms with Gasteiger partial charge in [0.1, 0.15) is 11.4 Å². The van der Waals surface area contributed by atoms with Crippen LogP contribution in [0.2, 0.25) is 0 Å². The molecule has 0 heterocycles. The Morgan fingerprint density at radius 2 is 2.28 bits per heavy atom. The lowest BCUT2D eigenvalue weighted by Gasteiger charge is -2.35. The highest BCUT2D eigenvalue weighted by atomic mass is 16.5. The molecule has 0 bridgehead atoms. The molecule has 1 unspecified atom stereocenters. The number of nitrogens with one attached hydrogen (secondary N) is 1. The van der Waals surface area contributed by atoms with Crippen molar-refractivity contribution in [3.63, 3.8) is 0 Å². The van der Waals surface area contributed by atoms with Gasteiger partial charge in [-0.1, -0.05) is 6.07 Å².